The smallest absolute Gasteiger partial charge is 0.379 e. The van der Waals surface area contributed by atoms with Crippen LogP contribution in [0.25, 0.3) is 0 Å². The van der Waals surface area contributed by atoms with E-state index >= 15 is 0 Å². The number of nitrogens with two attached hydrogens (primary N) is 1. The number of hydrogen-bond donors (Lipinski definition) is 2. The average molecular weight is 485 g/mol. The molecule has 2 fully saturated rings. The molecule has 0 aromatic carbocycles. The fourth-order valence-corrected chi connectivity index (χ4v) is 5.82. The van der Waals surface area contributed by atoms with Gasteiger partial charge in [0.05, 0.1) is 35.4 Å². The molecule has 1 amide bonds. The molecular formula is C24H35F3N4O3. The molecule has 1 saturated heterocycles. The molecule has 3 heterocycles. The normalized spacial score (nSPS) is 32.2. The molecule has 4 rings (SSSR count). The summed E-state index contributed by atoms with van der Waals surface area (Å²) in [5, 5.41) is 3.70. The van der Waals surface area contributed by atoms with Crippen molar-refractivity contribution in [2.75, 3.05) is 26.9 Å². The van der Waals surface area contributed by atoms with Gasteiger partial charge in [-0.25, -0.2) is 0 Å². The molecule has 1 aromatic rings. The van der Waals surface area contributed by atoms with Gasteiger partial charge in [0.15, 0.2) is 0 Å². The van der Waals surface area contributed by atoms with Crippen molar-refractivity contribution in [2.45, 2.75) is 76.5 Å². The number of nitrogens with one attached hydrogen (secondary N) is 1. The molecule has 190 valence electrons. The van der Waals surface area contributed by atoms with E-state index < -0.39 is 23.2 Å². The van der Waals surface area contributed by atoms with Crippen LogP contribution < -0.4 is 11.1 Å². The van der Waals surface area contributed by atoms with E-state index in [1.54, 1.807) is 12.0 Å². The van der Waals surface area contributed by atoms with Crippen molar-refractivity contribution in [3.63, 3.8) is 0 Å². The summed E-state index contributed by atoms with van der Waals surface area (Å²) in [6.45, 7) is 5.67. The van der Waals surface area contributed by atoms with Crippen LogP contribution in [0.4, 0.5) is 13.2 Å². The summed E-state index contributed by atoms with van der Waals surface area (Å²) < 4.78 is 50.8. The number of nitrogens with zero attached hydrogens (tertiary/aromatic N) is 2. The van der Waals surface area contributed by atoms with Crippen LogP contribution in [0.2, 0.25) is 0 Å². The Kier molecular flexibility index (Phi) is 7.24. The maximum Gasteiger partial charge on any atom is 0.417 e. The summed E-state index contributed by atoms with van der Waals surface area (Å²) in [6.07, 6.45) is -0.587. The van der Waals surface area contributed by atoms with Gasteiger partial charge in [-0.3, -0.25) is 9.78 Å². The lowest BCUT2D eigenvalue weighted by Crippen LogP contribution is -2.52. The average Bonchev–Trinajstić information content (AvgIpc) is 3.23. The lowest BCUT2D eigenvalue weighted by molar-refractivity contribution is -0.146. The van der Waals surface area contributed by atoms with Gasteiger partial charge in [-0.15, -0.1) is 0 Å². The minimum atomic E-state index is -4.49. The molecule has 0 bridgehead atoms. The molecule has 0 spiro atoms. The number of fused-ring (bicyclic) bond motifs is 1. The van der Waals surface area contributed by atoms with E-state index in [0.717, 1.165) is 31.5 Å². The van der Waals surface area contributed by atoms with Gasteiger partial charge in [0, 0.05) is 45.1 Å². The minimum Gasteiger partial charge on any atom is -0.379 e. The molecule has 10 heteroatoms. The van der Waals surface area contributed by atoms with E-state index in [0.29, 0.717) is 30.9 Å². The Morgan fingerprint density at radius 3 is 2.82 bits per heavy atom. The summed E-state index contributed by atoms with van der Waals surface area (Å²) in [7, 11) is 1.68. The van der Waals surface area contributed by atoms with Gasteiger partial charge in [0.1, 0.15) is 0 Å². The molecule has 34 heavy (non-hydrogen) atoms. The van der Waals surface area contributed by atoms with Crippen molar-refractivity contribution in [1.82, 2.24) is 15.2 Å². The molecule has 0 unspecified atom stereocenters. The maximum absolute atomic E-state index is 13.9. The second-order valence-electron chi connectivity index (χ2n) is 10.2. The number of amides is 1. The van der Waals surface area contributed by atoms with Crippen LogP contribution in [0.5, 0.6) is 0 Å². The van der Waals surface area contributed by atoms with E-state index in [1.807, 2.05) is 13.8 Å². The van der Waals surface area contributed by atoms with Crippen molar-refractivity contribution in [1.29, 1.82) is 0 Å². The first kappa shape index (κ1) is 25.3. The third kappa shape index (κ3) is 4.82. The summed E-state index contributed by atoms with van der Waals surface area (Å²) >= 11 is 0. The zero-order valence-electron chi connectivity index (χ0n) is 20.0. The lowest BCUT2D eigenvalue weighted by Gasteiger charge is -2.41. The number of rotatable bonds is 5. The van der Waals surface area contributed by atoms with E-state index in [-0.39, 0.29) is 43.1 Å². The molecule has 5 atom stereocenters. The molecule has 0 radical (unpaired) electrons. The van der Waals surface area contributed by atoms with Crippen LogP contribution in [-0.4, -0.2) is 60.8 Å². The summed E-state index contributed by atoms with van der Waals surface area (Å²) in [6, 6.07) is 0.804. The third-order valence-corrected chi connectivity index (χ3v) is 7.88. The highest BCUT2D eigenvalue weighted by Crippen LogP contribution is 2.47. The fraction of sp³-hybridized carbons (Fsp3) is 0.750. The van der Waals surface area contributed by atoms with Gasteiger partial charge < -0.3 is 25.4 Å². The Bertz CT molecular complexity index is 897. The molecule has 7 nitrogen and oxygen atoms in total. The van der Waals surface area contributed by atoms with Crippen LogP contribution in [-0.2, 0) is 27.0 Å². The molecule has 3 aliphatic rings. The number of methoxy groups -OCH3 is 1. The molecule has 1 aromatic heterocycles. The van der Waals surface area contributed by atoms with Crippen LogP contribution in [0.3, 0.4) is 0 Å². The zero-order valence-corrected chi connectivity index (χ0v) is 20.0. The Morgan fingerprint density at radius 2 is 2.15 bits per heavy atom. The van der Waals surface area contributed by atoms with E-state index in [9.17, 15) is 18.0 Å². The number of carbonyl (C=O) groups is 1. The van der Waals surface area contributed by atoms with Crippen molar-refractivity contribution in [3.8, 4) is 0 Å². The Balaban J connectivity index is 1.51. The van der Waals surface area contributed by atoms with Crippen LogP contribution >= 0.6 is 0 Å². The van der Waals surface area contributed by atoms with Crippen LogP contribution in [0, 0.1) is 11.3 Å². The monoisotopic (exact) mass is 484 g/mol. The fourth-order valence-electron chi connectivity index (χ4n) is 5.82. The number of pyridine rings is 1. The topological polar surface area (TPSA) is 89.7 Å². The quantitative estimate of drug-likeness (QED) is 0.668. The molecule has 2 aliphatic heterocycles. The van der Waals surface area contributed by atoms with Crippen molar-refractivity contribution >= 4 is 5.91 Å². The standard InChI is InChI=1S/C24H35F3N4O3/c1-14(2)23(6-4-17(9-23)30-19-5-7-34-13-20(19)33-3)22(32)31-11-15-8-16(24(25,26)27)10-29-21(15)18(28)12-31/h8,10,14,17-20,30H,4-7,9,11-13,28H2,1-3H3/t17-,18-,19+,20-,23+/m1/s1. The Labute approximate surface area is 198 Å². The zero-order chi connectivity index (χ0) is 24.7. The first-order valence-electron chi connectivity index (χ1n) is 12.0. The van der Waals surface area contributed by atoms with Crippen molar-refractivity contribution in [2.24, 2.45) is 17.1 Å². The van der Waals surface area contributed by atoms with Crippen LogP contribution in [0.1, 0.15) is 62.4 Å². The molecule has 1 saturated carbocycles. The van der Waals surface area contributed by atoms with E-state index in [4.69, 9.17) is 15.2 Å². The van der Waals surface area contributed by atoms with E-state index in [1.165, 1.54) is 0 Å². The minimum absolute atomic E-state index is 0.0228. The second kappa shape index (κ2) is 9.72. The first-order chi connectivity index (χ1) is 16.0. The Hall–Kier alpha value is -1.75. The third-order valence-electron chi connectivity index (χ3n) is 7.88. The van der Waals surface area contributed by atoms with Crippen molar-refractivity contribution < 1.29 is 27.4 Å². The highest BCUT2D eigenvalue weighted by atomic mass is 19.4. The van der Waals surface area contributed by atoms with Gasteiger partial charge in [-0.05, 0) is 43.2 Å². The summed E-state index contributed by atoms with van der Waals surface area (Å²) in [4.78, 5) is 19.5. The SMILES string of the molecule is CO[C@@H]1COCC[C@@H]1N[C@@H]1CC[C@@](C(=O)N2Cc3cc(C(F)(F)F)cnc3[C@H](N)C2)(C(C)C)C1. The number of hydrogen-bond acceptors (Lipinski definition) is 6. The van der Waals surface area contributed by atoms with Gasteiger partial charge in [-0.1, -0.05) is 13.8 Å². The number of alkyl halides is 3. The predicted octanol–water partition coefficient (Wildman–Crippen LogP) is 3.03. The largest absolute Gasteiger partial charge is 0.417 e. The lowest BCUT2D eigenvalue weighted by atomic mass is 9.73. The van der Waals surface area contributed by atoms with Gasteiger partial charge >= 0.3 is 6.18 Å². The number of carbonyl (C=O) groups excluding carboxylic acids is 1. The Morgan fingerprint density at radius 1 is 1.38 bits per heavy atom. The van der Waals surface area contributed by atoms with Gasteiger partial charge in [-0.2, -0.15) is 13.2 Å². The summed E-state index contributed by atoms with van der Waals surface area (Å²) in [5.74, 6) is 0.0533. The highest BCUT2D eigenvalue weighted by molar-refractivity contribution is 5.84. The van der Waals surface area contributed by atoms with Crippen LogP contribution in [0.15, 0.2) is 12.3 Å². The second-order valence-corrected chi connectivity index (χ2v) is 10.2. The highest BCUT2D eigenvalue weighted by Gasteiger charge is 2.50. The van der Waals surface area contributed by atoms with Gasteiger partial charge in [0.2, 0.25) is 5.91 Å². The maximum atomic E-state index is 13.9. The summed E-state index contributed by atoms with van der Waals surface area (Å²) in [5.41, 5.74) is 5.66. The van der Waals surface area contributed by atoms with E-state index in [2.05, 4.69) is 10.3 Å². The van der Waals surface area contributed by atoms with Crippen molar-refractivity contribution in [3.05, 3.63) is 29.1 Å². The molecular weight excluding hydrogens is 449 g/mol. The first-order valence-corrected chi connectivity index (χ1v) is 12.0. The molecule has 1 aliphatic carbocycles. The predicted molar refractivity (Wildman–Crippen MR) is 120 cm³/mol. The number of halogens is 3. The number of aromatic nitrogens is 1. The molecule has 3 N–H and O–H groups in total. The number of ether oxygens (including phenoxy) is 2. The van der Waals surface area contributed by atoms with Gasteiger partial charge in [0.25, 0.3) is 0 Å².